The molecule has 1 heterocycles. The maximum atomic E-state index is 1.79. The average molecular weight is 626 g/mol. The molecule has 13 rings (SSSR count). The van der Waals surface area contributed by atoms with E-state index in [9.17, 15) is 0 Å². The normalized spacial score (nSPS) is 68.5. The molecule has 0 N–H and O–H groups in total. The van der Waals surface area contributed by atoms with Crippen LogP contribution in [0.5, 0.6) is 0 Å². The van der Waals surface area contributed by atoms with Crippen LogP contribution in [-0.4, -0.2) is 35.3 Å². The Morgan fingerprint density at radius 1 is 0.353 bits per heavy atom. The molecule has 0 spiro atoms. The molecule has 2 unspecified atom stereocenters. The van der Waals surface area contributed by atoms with Gasteiger partial charge in [0.2, 0.25) is 0 Å². The zero-order valence-corrected chi connectivity index (χ0v) is 26.2. The van der Waals surface area contributed by atoms with Crippen molar-refractivity contribution in [1.29, 1.82) is 0 Å². The summed E-state index contributed by atoms with van der Waals surface area (Å²) in [6, 6.07) is 0. The number of hydrogen-bond donors (Lipinski definition) is 0. The molecule has 12 bridgehead atoms. The first-order valence-electron chi connectivity index (χ1n) is 15.6. The topological polar surface area (TPSA) is 0 Å². The van der Waals surface area contributed by atoms with Gasteiger partial charge in [-0.25, -0.2) is 0 Å². The van der Waals surface area contributed by atoms with Gasteiger partial charge in [0.1, 0.15) is 0 Å². The first-order chi connectivity index (χ1) is 16.6. The van der Waals surface area contributed by atoms with E-state index in [1.165, 1.54) is 53.3 Å². The van der Waals surface area contributed by atoms with Gasteiger partial charge in [-0.05, 0) is 0 Å². The molecule has 13 aliphatic rings. The summed E-state index contributed by atoms with van der Waals surface area (Å²) in [6.07, 6.45) is 31.2. The Morgan fingerprint density at radius 3 is 0.853 bits per heavy atom. The summed E-state index contributed by atoms with van der Waals surface area (Å²) in [5.74, 6) is 10.9. The van der Waals surface area contributed by atoms with Crippen molar-refractivity contribution in [3.8, 4) is 0 Å². The third kappa shape index (κ3) is 2.92. The third-order valence-electron chi connectivity index (χ3n) is 13.8. The molecule has 12 saturated carbocycles. The van der Waals surface area contributed by atoms with Crippen LogP contribution >= 0.6 is 17.9 Å². The molecule has 0 radical (unpaired) electrons. The Hall–Kier alpha value is 2.08. The van der Waals surface area contributed by atoms with Crippen molar-refractivity contribution in [1.82, 2.24) is 0 Å². The van der Waals surface area contributed by atoms with Gasteiger partial charge < -0.3 is 0 Å². The summed E-state index contributed by atoms with van der Waals surface area (Å²) >= 11 is 0.355. The molecule has 2 atom stereocenters. The van der Waals surface area contributed by atoms with E-state index in [0.29, 0.717) is 37.7 Å². The average Bonchev–Trinajstić information content (AvgIpc) is 2.69. The van der Waals surface area contributed by atoms with Crippen LogP contribution in [0, 0.1) is 53.3 Å². The summed E-state index contributed by atoms with van der Waals surface area (Å²) in [6.45, 7) is 0. The quantitative estimate of drug-likeness (QED) is 0.216. The molecule has 0 aromatic carbocycles. The minimum absolute atomic E-state index is 0.355. The zero-order chi connectivity index (χ0) is 21.9. The van der Waals surface area contributed by atoms with Crippen molar-refractivity contribution in [3.05, 3.63) is 0 Å². The summed E-state index contributed by atoms with van der Waals surface area (Å²) in [5.41, 5.74) is 0. The van der Waals surface area contributed by atoms with Gasteiger partial charge in [-0.15, -0.1) is 0 Å². The molecular formula is C30H45P3Te. The molecule has 0 amide bonds. The van der Waals surface area contributed by atoms with E-state index in [1.54, 1.807) is 116 Å². The standard InChI is InChI=1S/C30H45P3Te/c1-19-2-21-3-20(1)11-28(10-19,12-21)31-32(29-13-22-4-23(14-29)6-24(5-22)15-29)34-33(31)30-16-25-7-26(17-30)9-27(8-25)18-30/h19-27H,1-18H2. The van der Waals surface area contributed by atoms with Crippen molar-refractivity contribution in [2.75, 3.05) is 0 Å². The predicted molar refractivity (Wildman–Crippen MR) is 149 cm³/mol. The Bertz CT molecular complexity index is 757. The van der Waals surface area contributed by atoms with Crippen LogP contribution in [0.3, 0.4) is 0 Å². The van der Waals surface area contributed by atoms with E-state index >= 15 is 0 Å². The van der Waals surface area contributed by atoms with Crippen LogP contribution in [0.4, 0.5) is 0 Å². The van der Waals surface area contributed by atoms with Crippen LogP contribution in [0.1, 0.15) is 116 Å². The van der Waals surface area contributed by atoms with E-state index in [-0.39, 0.29) is 0 Å². The van der Waals surface area contributed by atoms with Crippen LogP contribution in [0.25, 0.3) is 0 Å². The molecule has 4 heteroatoms. The second kappa shape index (κ2) is 7.23. The Morgan fingerprint density at radius 2 is 0.588 bits per heavy atom. The van der Waals surface area contributed by atoms with Crippen molar-refractivity contribution in [2.45, 2.75) is 131 Å². The molecule has 0 nitrogen and oxygen atoms in total. The molecule has 12 aliphatic carbocycles. The summed E-state index contributed by atoms with van der Waals surface area (Å²) < 4.78 is 0. The SMILES string of the molecule is C1C2CC3CC1CC(P1[Te]P(C45CC6CC(CC(C6)C4)C5)P1C14CC5CC(CC(C5)C1)C4)(C2)C3. The fraction of sp³-hybridized carbons (Fsp3) is 1.00. The van der Waals surface area contributed by atoms with Gasteiger partial charge in [-0.3, -0.25) is 0 Å². The summed E-state index contributed by atoms with van der Waals surface area (Å²) in [5, 5.41) is 4.06. The van der Waals surface area contributed by atoms with Crippen molar-refractivity contribution in [2.24, 2.45) is 53.3 Å². The molecule has 1 saturated heterocycles. The van der Waals surface area contributed by atoms with E-state index in [0.717, 1.165) is 15.5 Å². The van der Waals surface area contributed by atoms with Gasteiger partial charge in [0, 0.05) is 0 Å². The number of hydrogen-bond acceptors (Lipinski definition) is 0. The Kier molecular flexibility index (Phi) is 4.64. The van der Waals surface area contributed by atoms with Gasteiger partial charge in [0.25, 0.3) is 0 Å². The zero-order valence-electron chi connectivity index (χ0n) is 21.2. The van der Waals surface area contributed by atoms with Crippen molar-refractivity contribution < 1.29 is 0 Å². The van der Waals surface area contributed by atoms with Gasteiger partial charge in [0.15, 0.2) is 0 Å². The van der Waals surface area contributed by atoms with E-state index in [2.05, 4.69) is 0 Å². The minimum atomic E-state index is 0.355. The van der Waals surface area contributed by atoms with Crippen molar-refractivity contribution in [3.63, 3.8) is 0 Å². The summed E-state index contributed by atoms with van der Waals surface area (Å²) in [7, 11) is 0.467. The second-order valence-electron chi connectivity index (χ2n) is 16.3. The summed E-state index contributed by atoms with van der Waals surface area (Å²) in [4.78, 5) is 0. The van der Waals surface area contributed by atoms with Gasteiger partial charge in [-0.2, -0.15) is 0 Å². The van der Waals surface area contributed by atoms with E-state index in [1.807, 2.05) is 0 Å². The molecule has 34 heavy (non-hydrogen) atoms. The first kappa shape index (κ1) is 21.8. The van der Waals surface area contributed by atoms with Crippen molar-refractivity contribution >= 4 is 37.7 Å². The molecule has 13 fully saturated rings. The predicted octanol–water partition coefficient (Wildman–Crippen LogP) is 9.72. The van der Waals surface area contributed by atoms with Crippen LogP contribution in [0.15, 0.2) is 0 Å². The Labute approximate surface area is 220 Å². The second-order valence-corrected chi connectivity index (χ2v) is 42.7. The van der Waals surface area contributed by atoms with Gasteiger partial charge in [-0.1, -0.05) is 0 Å². The fourth-order valence-corrected chi connectivity index (χ4v) is 81.6. The maximum absolute atomic E-state index is 1.79. The van der Waals surface area contributed by atoms with Gasteiger partial charge in [0.05, 0.1) is 0 Å². The first-order valence-corrected chi connectivity index (χ1v) is 27.2. The fourth-order valence-electron chi connectivity index (χ4n) is 14.1. The van der Waals surface area contributed by atoms with Crippen LogP contribution < -0.4 is 0 Å². The molecular weight excluding hydrogens is 581 g/mol. The molecule has 1 aliphatic heterocycles. The molecule has 186 valence electrons. The van der Waals surface area contributed by atoms with E-state index in [4.69, 9.17) is 0 Å². The van der Waals surface area contributed by atoms with Gasteiger partial charge >= 0.3 is 222 Å². The van der Waals surface area contributed by atoms with E-state index < -0.39 is 0 Å². The third-order valence-corrected chi connectivity index (χ3v) is 68.7. The molecule has 0 aromatic rings. The number of rotatable bonds is 3. The molecule has 0 aromatic heterocycles. The Balaban J connectivity index is 1.06. The monoisotopic (exact) mass is 628 g/mol. The van der Waals surface area contributed by atoms with Crippen LogP contribution in [0.2, 0.25) is 0 Å². The van der Waals surface area contributed by atoms with Crippen LogP contribution in [-0.2, 0) is 0 Å².